The van der Waals surface area contributed by atoms with Crippen LogP contribution in [-0.4, -0.2) is 23.4 Å². The monoisotopic (exact) mass is 526 g/mol. The van der Waals surface area contributed by atoms with E-state index in [1.165, 1.54) is 4.90 Å². The molecule has 4 aromatic rings. The van der Waals surface area contributed by atoms with Crippen molar-refractivity contribution in [3.8, 4) is 11.5 Å². The second kappa shape index (κ2) is 11.0. The average molecular weight is 527 g/mol. The minimum absolute atomic E-state index is 0.171. The quantitative estimate of drug-likeness (QED) is 0.201. The van der Waals surface area contributed by atoms with Crippen molar-refractivity contribution in [2.24, 2.45) is 0 Å². The molecule has 0 spiro atoms. The molecule has 0 aliphatic carbocycles. The van der Waals surface area contributed by atoms with E-state index in [-0.39, 0.29) is 12.2 Å². The van der Waals surface area contributed by atoms with Gasteiger partial charge in [-0.3, -0.25) is 9.69 Å². The summed E-state index contributed by atoms with van der Waals surface area (Å²) < 4.78 is 12.0. The maximum Gasteiger partial charge on any atom is 0.329 e. The predicted octanol–water partition coefficient (Wildman–Crippen LogP) is 6.87. The molecule has 0 unspecified atom stereocenters. The molecule has 1 fully saturated rings. The summed E-state index contributed by atoms with van der Waals surface area (Å²) in [5, 5.41) is 5.25. The number of nitrogens with zero attached hydrogens (tertiary/aromatic N) is 1. The molecule has 1 N–H and O–H groups in total. The molecular weight excluding hydrogens is 500 g/mol. The highest BCUT2D eigenvalue weighted by atomic mass is 35.5. The number of ether oxygens (including phenoxy) is 2. The Hall–Kier alpha value is -4.29. The number of fused-ring (bicyclic) bond motifs is 1. The molecule has 5 rings (SSSR count). The van der Waals surface area contributed by atoms with E-state index in [0.717, 1.165) is 27.5 Å². The summed E-state index contributed by atoms with van der Waals surface area (Å²) in [5.74, 6) is 0.479. The van der Waals surface area contributed by atoms with Gasteiger partial charge in [0.1, 0.15) is 12.3 Å². The molecule has 0 saturated carbocycles. The van der Waals surface area contributed by atoms with Crippen LogP contribution in [0.4, 0.5) is 4.79 Å². The lowest BCUT2D eigenvalue weighted by atomic mass is 10.1. The number of rotatable bonds is 8. The Labute approximate surface area is 226 Å². The highest BCUT2D eigenvalue weighted by Gasteiger charge is 2.33. The zero-order valence-electron chi connectivity index (χ0n) is 21.2. The topological polar surface area (TPSA) is 67.9 Å². The Bertz CT molecular complexity index is 1540. The molecule has 3 amide bonds. The van der Waals surface area contributed by atoms with Gasteiger partial charge < -0.3 is 14.8 Å². The number of carbonyl (C=O) groups is 2. The van der Waals surface area contributed by atoms with Crippen LogP contribution in [0.1, 0.15) is 29.2 Å². The van der Waals surface area contributed by atoms with E-state index >= 15 is 0 Å². The Morgan fingerprint density at radius 1 is 0.947 bits per heavy atom. The predicted molar refractivity (Wildman–Crippen MR) is 149 cm³/mol. The van der Waals surface area contributed by atoms with Crippen molar-refractivity contribution < 1.29 is 19.1 Å². The molecular formula is C31H27ClN2O4. The lowest BCUT2D eigenvalue weighted by Crippen LogP contribution is -2.30. The maximum atomic E-state index is 13.0. The summed E-state index contributed by atoms with van der Waals surface area (Å²) in [6.45, 7) is 4.76. The zero-order valence-corrected chi connectivity index (χ0v) is 21.9. The highest BCUT2D eigenvalue weighted by molar-refractivity contribution is 6.32. The van der Waals surface area contributed by atoms with Crippen LogP contribution in [0.25, 0.3) is 16.8 Å². The summed E-state index contributed by atoms with van der Waals surface area (Å²) in [4.78, 5) is 26.7. The number of benzene rings is 4. The second-order valence-electron chi connectivity index (χ2n) is 9.06. The van der Waals surface area contributed by atoms with Crippen LogP contribution in [-0.2, 0) is 17.9 Å². The van der Waals surface area contributed by atoms with Gasteiger partial charge in [0, 0.05) is 0 Å². The molecule has 4 aromatic carbocycles. The SMILES string of the molecule is CCOc1cc(/C=C2/NC(=O)N(Cc3ccc(C)cc3)C2=O)cc(Cl)c1OCc1cccc2ccccc12. The van der Waals surface area contributed by atoms with Crippen LogP contribution < -0.4 is 14.8 Å². The highest BCUT2D eigenvalue weighted by Crippen LogP contribution is 2.38. The first kappa shape index (κ1) is 25.4. The van der Waals surface area contributed by atoms with Crippen molar-refractivity contribution >= 4 is 40.4 Å². The van der Waals surface area contributed by atoms with Crippen molar-refractivity contribution in [1.82, 2.24) is 10.2 Å². The minimum atomic E-state index is -0.465. The molecule has 0 radical (unpaired) electrons. The van der Waals surface area contributed by atoms with Gasteiger partial charge in [0.25, 0.3) is 5.91 Å². The zero-order chi connectivity index (χ0) is 26.6. The van der Waals surface area contributed by atoms with Crippen molar-refractivity contribution in [3.63, 3.8) is 0 Å². The Kier molecular flexibility index (Phi) is 7.33. The third-order valence-electron chi connectivity index (χ3n) is 6.32. The van der Waals surface area contributed by atoms with E-state index in [1.807, 2.05) is 62.4 Å². The van der Waals surface area contributed by atoms with Gasteiger partial charge in [-0.25, -0.2) is 4.79 Å². The van der Waals surface area contributed by atoms with E-state index in [4.69, 9.17) is 21.1 Å². The number of aryl methyl sites for hydroxylation is 1. The van der Waals surface area contributed by atoms with Gasteiger partial charge in [-0.05, 0) is 59.5 Å². The summed E-state index contributed by atoms with van der Waals surface area (Å²) >= 11 is 6.64. The standard InChI is InChI=1S/C31H27ClN2O4/c1-3-37-28-17-22(16-27-30(35)34(31(36)33-27)18-21-13-11-20(2)12-14-21)15-26(32)29(28)38-19-24-9-6-8-23-7-4-5-10-25(23)24/h4-17H,3,18-19H2,1-2H3,(H,33,36)/b27-16+. The van der Waals surface area contributed by atoms with Crippen molar-refractivity contribution in [2.45, 2.75) is 27.0 Å². The fourth-order valence-electron chi connectivity index (χ4n) is 4.40. The summed E-state index contributed by atoms with van der Waals surface area (Å²) in [5.41, 5.74) is 3.79. The molecule has 1 aliphatic heterocycles. The van der Waals surface area contributed by atoms with Crippen LogP contribution >= 0.6 is 11.6 Å². The van der Waals surface area contributed by atoms with Crippen LogP contribution in [0.15, 0.2) is 84.6 Å². The van der Waals surface area contributed by atoms with Gasteiger partial charge in [0.15, 0.2) is 11.5 Å². The number of carbonyl (C=O) groups excluding carboxylic acids is 2. The number of nitrogens with one attached hydrogen (secondary N) is 1. The molecule has 0 bridgehead atoms. The van der Waals surface area contributed by atoms with E-state index < -0.39 is 11.9 Å². The van der Waals surface area contributed by atoms with Gasteiger partial charge in [0.05, 0.1) is 18.2 Å². The maximum absolute atomic E-state index is 13.0. The van der Waals surface area contributed by atoms with Gasteiger partial charge >= 0.3 is 6.03 Å². The second-order valence-corrected chi connectivity index (χ2v) is 9.46. The number of urea groups is 1. The molecule has 1 heterocycles. The first-order valence-electron chi connectivity index (χ1n) is 12.4. The minimum Gasteiger partial charge on any atom is -0.490 e. The van der Waals surface area contributed by atoms with Crippen molar-refractivity contribution in [1.29, 1.82) is 0 Å². The van der Waals surface area contributed by atoms with Gasteiger partial charge in [0.2, 0.25) is 0 Å². The lowest BCUT2D eigenvalue weighted by molar-refractivity contribution is -0.123. The summed E-state index contributed by atoms with van der Waals surface area (Å²) in [6.07, 6.45) is 1.60. The van der Waals surface area contributed by atoms with Crippen LogP contribution in [0.2, 0.25) is 5.02 Å². The van der Waals surface area contributed by atoms with E-state index in [9.17, 15) is 9.59 Å². The molecule has 6 nitrogen and oxygen atoms in total. The fourth-order valence-corrected chi connectivity index (χ4v) is 4.67. The largest absolute Gasteiger partial charge is 0.490 e. The van der Waals surface area contributed by atoms with Crippen LogP contribution in [0.3, 0.4) is 0 Å². The van der Waals surface area contributed by atoms with Crippen molar-refractivity contribution in [3.05, 3.63) is 112 Å². The summed E-state index contributed by atoms with van der Waals surface area (Å²) in [6, 6.07) is 24.9. The number of imide groups is 1. The Morgan fingerprint density at radius 3 is 2.50 bits per heavy atom. The number of amides is 3. The molecule has 192 valence electrons. The summed E-state index contributed by atoms with van der Waals surface area (Å²) in [7, 11) is 0. The van der Waals surface area contributed by atoms with E-state index in [0.29, 0.717) is 35.3 Å². The lowest BCUT2D eigenvalue weighted by Gasteiger charge is -2.15. The Balaban J connectivity index is 1.38. The number of hydrogen-bond acceptors (Lipinski definition) is 4. The molecule has 1 saturated heterocycles. The average Bonchev–Trinajstić information content (AvgIpc) is 3.17. The van der Waals surface area contributed by atoms with Gasteiger partial charge in [-0.15, -0.1) is 0 Å². The first-order chi connectivity index (χ1) is 18.4. The Morgan fingerprint density at radius 2 is 1.71 bits per heavy atom. The number of halogens is 1. The van der Waals surface area contributed by atoms with Gasteiger partial charge in [-0.2, -0.15) is 0 Å². The molecule has 1 aliphatic rings. The van der Waals surface area contributed by atoms with Crippen LogP contribution in [0, 0.1) is 6.92 Å². The van der Waals surface area contributed by atoms with E-state index in [1.54, 1.807) is 18.2 Å². The first-order valence-corrected chi connectivity index (χ1v) is 12.8. The van der Waals surface area contributed by atoms with Crippen LogP contribution in [0.5, 0.6) is 11.5 Å². The molecule has 38 heavy (non-hydrogen) atoms. The normalized spacial score (nSPS) is 14.3. The number of hydrogen-bond donors (Lipinski definition) is 1. The smallest absolute Gasteiger partial charge is 0.329 e. The molecule has 0 atom stereocenters. The van der Waals surface area contributed by atoms with Gasteiger partial charge in [-0.1, -0.05) is 83.9 Å². The fraction of sp³-hybridized carbons (Fsp3) is 0.161. The molecule has 0 aromatic heterocycles. The molecule has 7 heteroatoms. The van der Waals surface area contributed by atoms with Crippen molar-refractivity contribution in [2.75, 3.05) is 6.61 Å². The third kappa shape index (κ3) is 5.36. The third-order valence-corrected chi connectivity index (χ3v) is 6.60. The van der Waals surface area contributed by atoms with E-state index in [2.05, 4.69) is 23.5 Å².